The molecule has 2 aromatic carbocycles. The predicted molar refractivity (Wildman–Crippen MR) is 104 cm³/mol. The molecule has 0 N–H and O–H groups in total. The summed E-state index contributed by atoms with van der Waals surface area (Å²) in [7, 11) is 0. The fourth-order valence-corrected chi connectivity index (χ4v) is 4.31. The quantitative estimate of drug-likeness (QED) is 0.727. The highest BCUT2D eigenvalue weighted by Gasteiger charge is 2.13. The van der Waals surface area contributed by atoms with E-state index in [1.807, 2.05) is 0 Å². The molecule has 1 saturated carbocycles. The molecule has 122 valence electrons. The van der Waals surface area contributed by atoms with Gasteiger partial charge in [-0.1, -0.05) is 72.9 Å². The van der Waals surface area contributed by atoms with Gasteiger partial charge in [-0.15, -0.1) is 0 Å². The average molecular weight is 314 g/mol. The lowest BCUT2D eigenvalue weighted by molar-refractivity contribution is 0.419. The van der Waals surface area contributed by atoms with Crippen LogP contribution in [0.25, 0.3) is 23.3 Å². The third-order valence-electron chi connectivity index (χ3n) is 5.38. The maximum absolute atomic E-state index is 2.52. The lowest BCUT2D eigenvalue weighted by Gasteiger charge is -2.18. The Bertz CT molecular complexity index is 885. The van der Waals surface area contributed by atoms with Crippen molar-refractivity contribution in [3.8, 4) is 11.1 Å². The number of hydrogen-bond acceptors (Lipinski definition) is 0. The second kappa shape index (κ2) is 6.43. The van der Waals surface area contributed by atoms with Crippen molar-refractivity contribution in [2.45, 2.75) is 46.0 Å². The molecule has 2 aromatic rings. The Hall–Kier alpha value is -2.08. The predicted octanol–water partition coefficient (Wildman–Crippen LogP) is 5.05. The van der Waals surface area contributed by atoms with E-state index in [4.69, 9.17) is 0 Å². The van der Waals surface area contributed by atoms with Crippen LogP contribution in [0.2, 0.25) is 0 Å². The van der Waals surface area contributed by atoms with Crippen molar-refractivity contribution in [1.29, 1.82) is 0 Å². The Morgan fingerprint density at radius 1 is 0.875 bits per heavy atom. The van der Waals surface area contributed by atoms with Crippen molar-refractivity contribution in [2.75, 3.05) is 0 Å². The summed E-state index contributed by atoms with van der Waals surface area (Å²) < 4.78 is 0. The number of aryl methyl sites for hydroxylation is 2. The Kier molecular flexibility index (Phi) is 4.14. The highest BCUT2D eigenvalue weighted by Crippen LogP contribution is 2.27. The van der Waals surface area contributed by atoms with Gasteiger partial charge >= 0.3 is 0 Å². The Balaban J connectivity index is 1.77. The lowest BCUT2D eigenvalue weighted by atomic mass is 9.88. The molecule has 0 radical (unpaired) electrons. The summed E-state index contributed by atoms with van der Waals surface area (Å²) in [5.41, 5.74) is 6.79. The molecule has 0 bridgehead atoms. The largest absolute Gasteiger partial charge is 0.0741 e. The molecule has 0 amide bonds. The van der Waals surface area contributed by atoms with E-state index >= 15 is 0 Å². The smallest absolute Gasteiger partial charge is 0.00994 e. The van der Waals surface area contributed by atoms with Crippen LogP contribution in [0.4, 0.5) is 0 Å². The first-order valence-electron chi connectivity index (χ1n) is 9.32. The van der Waals surface area contributed by atoms with E-state index in [9.17, 15) is 0 Å². The van der Waals surface area contributed by atoms with Gasteiger partial charge in [0.25, 0.3) is 0 Å². The van der Waals surface area contributed by atoms with Gasteiger partial charge in [0.1, 0.15) is 0 Å². The molecule has 0 unspecified atom stereocenters. The summed E-state index contributed by atoms with van der Waals surface area (Å²) in [5.74, 6) is 0.778. The standard InChI is InChI=1S/C24H26/c1-17-11-18(2)13-22(12-17)23-10-6-9-21-15-20(16-24(21)23)14-19-7-4-3-5-8-19/h6,9-16,19H,3-5,7-8H2,1-2H3. The SMILES string of the molecule is Cc1cc(C)cc(-c2cccc3c2=CC(=CC2CCCCC2)C=3)c1. The number of rotatable bonds is 2. The van der Waals surface area contributed by atoms with Gasteiger partial charge in [-0.25, -0.2) is 0 Å². The third kappa shape index (κ3) is 3.11. The first kappa shape index (κ1) is 15.4. The van der Waals surface area contributed by atoms with Crippen molar-refractivity contribution < 1.29 is 0 Å². The number of allylic oxidation sites excluding steroid dienone is 2. The molecule has 2 aliphatic rings. The van der Waals surface area contributed by atoms with E-state index in [2.05, 4.69) is 68.5 Å². The third-order valence-corrected chi connectivity index (χ3v) is 5.38. The normalized spacial score (nSPS) is 19.0. The molecule has 0 nitrogen and oxygen atoms in total. The van der Waals surface area contributed by atoms with E-state index in [1.165, 1.54) is 70.4 Å². The van der Waals surface area contributed by atoms with Gasteiger partial charge in [-0.3, -0.25) is 0 Å². The van der Waals surface area contributed by atoms with Gasteiger partial charge in [-0.05, 0) is 71.9 Å². The fourth-order valence-electron chi connectivity index (χ4n) is 4.31. The van der Waals surface area contributed by atoms with E-state index in [1.54, 1.807) is 0 Å². The van der Waals surface area contributed by atoms with Crippen molar-refractivity contribution >= 4 is 12.2 Å². The topological polar surface area (TPSA) is 0 Å². The second-order valence-corrected chi connectivity index (χ2v) is 7.54. The highest BCUT2D eigenvalue weighted by molar-refractivity contribution is 5.78. The molecule has 0 aromatic heterocycles. The van der Waals surface area contributed by atoms with Crippen LogP contribution in [-0.2, 0) is 0 Å². The van der Waals surface area contributed by atoms with E-state index in [0.29, 0.717) is 0 Å². The highest BCUT2D eigenvalue weighted by atomic mass is 14.2. The van der Waals surface area contributed by atoms with Crippen LogP contribution in [-0.4, -0.2) is 0 Å². The summed E-state index contributed by atoms with van der Waals surface area (Å²) in [6, 6.07) is 13.6. The molecule has 0 aliphatic heterocycles. The van der Waals surface area contributed by atoms with E-state index in [0.717, 1.165) is 5.92 Å². The van der Waals surface area contributed by atoms with Gasteiger partial charge in [0.05, 0.1) is 0 Å². The van der Waals surface area contributed by atoms with Crippen LogP contribution in [0.1, 0.15) is 43.2 Å². The molecule has 0 atom stereocenters. The molecule has 0 heteroatoms. The van der Waals surface area contributed by atoms with Crippen LogP contribution in [0.3, 0.4) is 0 Å². The van der Waals surface area contributed by atoms with Crippen LogP contribution in [0, 0.1) is 19.8 Å². The molecular formula is C24H26. The van der Waals surface area contributed by atoms with Crippen LogP contribution in [0.15, 0.2) is 48.0 Å². The van der Waals surface area contributed by atoms with Gasteiger partial charge in [-0.2, -0.15) is 0 Å². The number of benzene rings is 2. The maximum atomic E-state index is 2.52. The molecule has 1 fully saturated rings. The summed E-state index contributed by atoms with van der Waals surface area (Å²) in [6.45, 7) is 4.37. The van der Waals surface area contributed by atoms with Crippen LogP contribution in [0.5, 0.6) is 0 Å². The molecule has 24 heavy (non-hydrogen) atoms. The van der Waals surface area contributed by atoms with Crippen molar-refractivity contribution in [3.63, 3.8) is 0 Å². The van der Waals surface area contributed by atoms with Crippen LogP contribution < -0.4 is 10.4 Å². The summed E-state index contributed by atoms with van der Waals surface area (Å²) in [6.07, 6.45) is 14.2. The Morgan fingerprint density at radius 3 is 2.38 bits per heavy atom. The molecule has 2 aliphatic carbocycles. The Labute approximate surface area is 145 Å². The number of fused-ring (bicyclic) bond motifs is 1. The summed E-state index contributed by atoms with van der Waals surface area (Å²) in [4.78, 5) is 0. The minimum atomic E-state index is 0.778. The summed E-state index contributed by atoms with van der Waals surface area (Å²) in [5, 5.41) is 2.76. The molecule has 0 heterocycles. The lowest BCUT2D eigenvalue weighted by Crippen LogP contribution is -2.23. The molecule has 4 rings (SSSR count). The number of hydrogen-bond donors (Lipinski definition) is 0. The second-order valence-electron chi connectivity index (χ2n) is 7.54. The fraction of sp³-hybridized carbons (Fsp3) is 0.333. The van der Waals surface area contributed by atoms with Crippen LogP contribution >= 0.6 is 0 Å². The Morgan fingerprint density at radius 2 is 1.62 bits per heavy atom. The minimum Gasteiger partial charge on any atom is -0.0741 e. The van der Waals surface area contributed by atoms with Gasteiger partial charge in [0, 0.05) is 0 Å². The zero-order valence-electron chi connectivity index (χ0n) is 14.8. The molecule has 0 saturated heterocycles. The first-order valence-corrected chi connectivity index (χ1v) is 9.32. The average Bonchev–Trinajstić information content (AvgIpc) is 2.97. The van der Waals surface area contributed by atoms with Crippen molar-refractivity contribution in [2.24, 2.45) is 5.92 Å². The summed E-state index contributed by atoms with van der Waals surface area (Å²) >= 11 is 0. The first-order chi connectivity index (χ1) is 11.7. The van der Waals surface area contributed by atoms with Gasteiger partial charge in [0.15, 0.2) is 0 Å². The molecular weight excluding hydrogens is 288 g/mol. The van der Waals surface area contributed by atoms with E-state index in [-0.39, 0.29) is 0 Å². The van der Waals surface area contributed by atoms with Crippen molar-refractivity contribution in [1.82, 2.24) is 0 Å². The zero-order valence-corrected chi connectivity index (χ0v) is 14.8. The minimum absolute atomic E-state index is 0.778. The van der Waals surface area contributed by atoms with Gasteiger partial charge in [0.2, 0.25) is 0 Å². The molecule has 0 spiro atoms. The van der Waals surface area contributed by atoms with E-state index < -0.39 is 0 Å². The monoisotopic (exact) mass is 314 g/mol. The maximum Gasteiger partial charge on any atom is -0.00994 e. The van der Waals surface area contributed by atoms with Gasteiger partial charge < -0.3 is 0 Å². The van der Waals surface area contributed by atoms with Crippen molar-refractivity contribution in [3.05, 3.63) is 69.6 Å². The zero-order chi connectivity index (χ0) is 16.5.